The fourth-order valence-electron chi connectivity index (χ4n) is 4.15. The van der Waals surface area contributed by atoms with Gasteiger partial charge in [0.25, 0.3) is 0 Å². The molecule has 4 rings (SSSR count). The molecule has 0 radical (unpaired) electrons. The standard InChI is InChI=1S/C21H31N7O2/c1-22-21(23-14-20-26-25-19-5-4-8-28(19)20)24-15-6-9-27(10-7-15)16-11-17(29-2)13-18(12-16)30-3/h11-13,15H,4-10,14H2,1-3H3,(H2,22,23,24). The highest BCUT2D eigenvalue weighted by Crippen LogP contribution is 2.30. The van der Waals surface area contributed by atoms with E-state index in [0.29, 0.717) is 12.6 Å². The molecule has 1 aromatic heterocycles. The van der Waals surface area contributed by atoms with Crippen molar-refractivity contribution in [3.05, 3.63) is 29.8 Å². The third kappa shape index (κ3) is 4.44. The van der Waals surface area contributed by atoms with Crippen LogP contribution in [-0.4, -0.2) is 61.1 Å². The lowest BCUT2D eigenvalue weighted by Crippen LogP contribution is -2.48. The van der Waals surface area contributed by atoms with Gasteiger partial charge in [-0.1, -0.05) is 0 Å². The largest absolute Gasteiger partial charge is 0.497 e. The lowest BCUT2D eigenvalue weighted by Gasteiger charge is -2.34. The van der Waals surface area contributed by atoms with Gasteiger partial charge in [-0.25, -0.2) is 0 Å². The molecule has 162 valence electrons. The zero-order valence-corrected chi connectivity index (χ0v) is 18.0. The third-order valence-electron chi connectivity index (χ3n) is 5.86. The molecular weight excluding hydrogens is 382 g/mol. The van der Waals surface area contributed by atoms with E-state index in [1.807, 2.05) is 6.07 Å². The third-order valence-corrected chi connectivity index (χ3v) is 5.86. The summed E-state index contributed by atoms with van der Waals surface area (Å²) in [6.45, 7) is 3.57. The topological polar surface area (TPSA) is 88.8 Å². The summed E-state index contributed by atoms with van der Waals surface area (Å²) < 4.78 is 13.0. The second kappa shape index (κ2) is 9.23. The van der Waals surface area contributed by atoms with E-state index in [1.54, 1.807) is 21.3 Å². The van der Waals surface area contributed by atoms with E-state index in [1.165, 1.54) is 0 Å². The van der Waals surface area contributed by atoms with Crippen molar-refractivity contribution in [2.75, 3.05) is 39.3 Å². The Bertz CT molecular complexity index is 865. The molecule has 0 amide bonds. The summed E-state index contributed by atoms with van der Waals surface area (Å²) in [5.74, 6) is 4.51. The number of nitrogens with one attached hydrogen (secondary N) is 2. The normalized spacial score (nSPS) is 17.0. The first-order chi connectivity index (χ1) is 14.7. The first-order valence-electron chi connectivity index (χ1n) is 10.6. The molecule has 1 aromatic carbocycles. The fraction of sp³-hybridized carbons (Fsp3) is 0.571. The minimum absolute atomic E-state index is 0.379. The summed E-state index contributed by atoms with van der Waals surface area (Å²) >= 11 is 0. The number of methoxy groups -OCH3 is 2. The minimum Gasteiger partial charge on any atom is -0.497 e. The molecule has 1 saturated heterocycles. The Kier molecular flexibility index (Phi) is 6.25. The molecule has 2 aromatic rings. The summed E-state index contributed by atoms with van der Waals surface area (Å²) in [4.78, 5) is 6.76. The van der Waals surface area contributed by atoms with Gasteiger partial charge >= 0.3 is 0 Å². The summed E-state index contributed by atoms with van der Waals surface area (Å²) in [5, 5.41) is 15.5. The molecule has 0 bridgehead atoms. The van der Waals surface area contributed by atoms with E-state index < -0.39 is 0 Å². The number of anilines is 1. The summed E-state index contributed by atoms with van der Waals surface area (Å²) in [6.07, 6.45) is 4.24. The molecule has 9 nitrogen and oxygen atoms in total. The van der Waals surface area contributed by atoms with Crippen molar-refractivity contribution < 1.29 is 9.47 Å². The SMILES string of the molecule is CN=C(NCc1nnc2n1CCC2)NC1CCN(c2cc(OC)cc(OC)c2)CC1. The number of fused-ring (bicyclic) bond motifs is 1. The Balaban J connectivity index is 1.29. The molecule has 0 saturated carbocycles. The van der Waals surface area contributed by atoms with Crippen LogP contribution in [0.5, 0.6) is 11.5 Å². The molecule has 1 fully saturated rings. The fourth-order valence-corrected chi connectivity index (χ4v) is 4.15. The highest BCUT2D eigenvalue weighted by Gasteiger charge is 2.22. The smallest absolute Gasteiger partial charge is 0.191 e. The van der Waals surface area contributed by atoms with E-state index in [9.17, 15) is 0 Å². The Morgan fingerprint density at radius 3 is 2.50 bits per heavy atom. The van der Waals surface area contributed by atoms with Crippen LogP contribution >= 0.6 is 0 Å². The van der Waals surface area contributed by atoms with Crippen LogP contribution in [0, 0.1) is 0 Å². The zero-order valence-electron chi connectivity index (χ0n) is 18.0. The average Bonchev–Trinajstić information content (AvgIpc) is 3.41. The lowest BCUT2D eigenvalue weighted by molar-refractivity contribution is 0.393. The number of nitrogens with zero attached hydrogens (tertiary/aromatic N) is 5. The summed E-state index contributed by atoms with van der Waals surface area (Å²) in [6, 6.07) is 6.41. The second-order valence-electron chi connectivity index (χ2n) is 7.69. The van der Waals surface area contributed by atoms with Gasteiger partial charge in [-0.05, 0) is 19.3 Å². The summed E-state index contributed by atoms with van der Waals surface area (Å²) in [7, 11) is 5.17. The molecule has 2 N–H and O–H groups in total. The van der Waals surface area contributed by atoms with Gasteiger partial charge in [-0.3, -0.25) is 4.99 Å². The van der Waals surface area contributed by atoms with Crippen molar-refractivity contribution in [3.8, 4) is 11.5 Å². The van der Waals surface area contributed by atoms with Crippen LogP contribution in [0.15, 0.2) is 23.2 Å². The number of rotatable bonds is 6. The van der Waals surface area contributed by atoms with Gasteiger partial charge in [0.2, 0.25) is 0 Å². The van der Waals surface area contributed by atoms with Crippen LogP contribution in [0.4, 0.5) is 5.69 Å². The molecule has 0 spiro atoms. The van der Waals surface area contributed by atoms with Gasteiger partial charge in [-0.2, -0.15) is 0 Å². The molecule has 30 heavy (non-hydrogen) atoms. The Morgan fingerprint density at radius 1 is 1.10 bits per heavy atom. The van der Waals surface area contributed by atoms with Gasteiger partial charge in [0.05, 0.1) is 20.8 Å². The van der Waals surface area contributed by atoms with Gasteiger partial charge in [0, 0.05) is 63.0 Å². The van der Waals surface area contributed by atoms with E-state index in [-0.39, 0.29) is 0 Å². The van der Waals surface area contributed by atoms with E-state index in [2.05, 4.69) is 47.4 Å². The lowest BCUT2D eigenvalue weighted by atomic mass is 10.0. The number of guanidine groups is 1. The minimum atomic E-state index is 0.379. The van der Waals surface area contributed by atoms with Gasteiger partial charge in [0.15, 0.2) is 11.8 Å². The van der Waals surface area contributed by atoms with Crippen molar-refractivity contribution >= 4 is 11.6 Å². The first-order valence-corrected chi connectivity index (χ1v) is 10.6. The predicted molar refractivity (Wildman–Crippen MR) is 116 cm³/mol. The molecule has 2 aliphatic heterocycles. The number of hydrogen-bond donors (Lipinski definition) is 2. The second-order valence-corrected chi connectivity index (χ2v) is 7.69. The number of aromatic nitrogens is 3. The molecule has 3 heterocycles. The number of piperidine rings is 1. The van der Waals surface area contributed by atoms with Crippen LogP contribution in [-0.2, 0) is 19.5 Å². The number of benzene rings is 1. The Labute approximate surface area is 177 Å². The summed E-state index contributed by atoms with van der Waals surface area (Å²) in [5.41, 5.74) is 1.13. The predicted octanol–water partition coefficient (Wildman–Crippen LogP) is 1.58. The van der Waals surface area contributed by atoms with Crippen LogP contribution < -0.4 is 25.0 Å². The maximum absolute atomic E-state index is 5.41. The van der Waals surface area contributed by atoms with Crippen LogP contribution in [0.3, 0.4) is 0 Å². The van der Waals surface area contributed by atoms with Crippen molar-refractivity contribution in [1.29, 1.82) is 0 Å². The Hall–Kier alpha value is -2.97. The van der Waals surface area contributed by atoms with Crippen molar-refractivity contribution in [3.63, 3.8) is 0 Å². The molecule has 9 heteroatoms. The first kappa shape index (κ1) is 20.3. The van der Waals surface area contributed by atoms with E-state index >= 15 is 0 Å². The van der Waals surface area contributed by atoms with E-state index in [4.69, 9.17) is 9.47 Å². The van der Waals surface area contributed by atoms with Gasteiger partial charge < -0.3 is 29.6 Å². The van der Waals surface area contributed by atoms with Crippen LogP contribution in [0.25, 0.3) is 0 Å². The van der Waals surface area contributed by atoms with Crippen molar-refractivity contribution in [2.24, 2.45) is 4.99 Å². The van der Waals surface area contributed by atoms with Gasteiger partial charge in [0.1, 0.15) is 17.3 Å². The number of aliphatic imine (C=N–C) groups is 1. The number of hydrogen-bond acceptors (Lipinski definition) is 6. The molecule has 2 aliphatic rings. The number of aryl methyl sites for hydroxylation is 1. The van der Waals surface area contributed by atoms with Crippen molar-refractivity contribution in [2.45, 2.75) is 44.8 Å². The monoisotopic (exact) mass is 413 g/mol. The zero-order chi connectivity index (χ0) is 20.9. The molecule has 0 atom stereocenters. The highest BCUT2D eigenvalue weighted by molar-refractivity contribution is 5.79. The quantitative estimate of drug-likeness (QED) is 0.549. The van der Waals surface area contributed by atoms with Crippen LogP contribution in [0.1, 0.15) is 30.9 Å². The average molecular weight is 414 g/mol. The molecule has 0 aliphatic carbocycles. The number of ether oxygens (including phenoxy) is 2. The molecular formula is C21H31N7O2. The maximum Gasteiger partial charge on any atom is 0.191 e. The van der Waals surface area contributed by atoms with Crippen LogP contribution in [0.2, 0.25) is 0 Å². The Morgan fingerprint density at radius 2 is 1.83 bits per heavy atom. The molecule has 0 unspecified atom stereocenters. The van der Waals surface area contributed by atoms with Gasteiger partial charge in [-0.15, -0.1) is 10.2 Å². The highest BCUT2D eigenvalue weighted by atomic mass is 16.5. The maximum atomic E-state index is 5.41. The van der Waals surface area contributed by atoms with Crippen molar-refractivity contribution in [1.82, 2.24) is 25.4 Å². The van der Waals surface area contributed by atoms with E-state index in [0.717, 1.165) is 80.1 Å².